The van der Waals surface area contributed by atoms with Crippen molar-refractivity contribution in [1.82, 2.24) is 0 Å². The van der Waals surface area contributed by atoms with Crippen LogP contribution in [0.25, 0.3) is 0 Å². The van der Waals surface area contributed by atoms with Gasteiger partial charge >= 0.3 is 0 Å². The maximum atomic E-state index is 10.7. The second-order valence-electron chi connectivity index (χ2n) is 3.87. The van der Waals surface area contributed by atoms with Crippen LogP contribution < -0.4 is 9.47 Å². The molecule has 0 aromatic heterocycles. The molecule has 0 aliphatic carbocycles. The lowest BCUT2D eigenvalue weighted by molar-refractivity contribution is -0.384. The molecule has 0 saturated carbocycles. The topological polar surface area (TPSA) is 61.6 Å². The van der Waals surface area contributed by atoms with Crippen LogP contribution in [0.1, 0.15) is 11.9 Å². The molecule has 0 unspecified atom stereocenters. The van der Waals surface area contributed by atoms with Crippen LogP contribution in [0.5, 0.6) is 11.5 Å². The molecule has 0 spiro atoms. The van der Waals surface area contributed by atoms with Gasteiger partial charge in [0.1, 0.15) is 0 Å². The zero-order valence-electron chi connectivity index (χ0n) is 9.28. The van der Waals surface area contributed by atoms with E-state index in [9.17, 15) is 10.1 Å². The average Bonchev–Trinajstić information content (AvgIpc) is 2.82. The van der Waals surface area contributed by atoms with Crippen molar-refractivity contribution in [3.8, 4) is 11.5 Å². The van der Waals surface area contributed by atoms with Gasteiger partial charge in [-0.2, -0.15) is 0 Å². The minimum absolute atomic E-state index is 0.00828. The largest absolute Gasteiger partial charge is 0.447 e. The Labute approximate surface area is 103 Å². The average molecular weight is 243 g/mol. The summed E-state index contributed by atoms with van der Waals surface area (Å²) in [5, 5.41) is 10.7. The van der Waals surface area contributed by atoms with Gasteiger partial charge in [-0.1, -0.05) is 30.3 Å². The Kier molecular flexibility index (Phi) is 2.37. The summed E-state index contributed by atoms with van der Waals surface area (Å²) >= 11 is 0. The van der Waals surface area contributed by atoms with Crippen molar-refractivity contribution in [2.75, 3.05) is 0 Å². The summed E-state index contributed by atoms with van der Waals surface area (Å²) in [5.74, 6) is 0.924. The molecule has 90 valence electrons. The number of non-ortho nitro benzene ring substituents is 1. The van der Waals surface area contributed by atoms with E-state index in [-0.39, 0.29) is 5.69 Å². The van der Waals surface area contributed by atoms with Crippen LogP contribution in [-0.2, 0) is 0 Å². The van der Waals surface area contributed by atoms with E-state index < -0.39 is 11.2 Å². The Bertz CT molecular complexity index is 597. The van der Waals surface area contributed by atoms with Gasteiger partial charge in [0, 0.05) is 11.6 Å². The third-order valence-corrected chi connectivity index (χ3v) is 2.68. The Morgan fingerprint density at radius 3 is 2.44 bits per heavy atom. The van der Waals surface area contributed by atoms with Crippen molar-refractivity contribution in [3.63, 3.8) is 0 Å². The Hall–Kier alpha value is -2.56. The van der Waals surface area contributed by atoms with Crippen LogP contribution in [-0.4, -0.2) is 4.92 Å². The lowest BCUT2D eigenvalue weighted by Gasteiger charge is -2.09. The van der Waals surface area contributed by atoms with Crippen LogP contribution in [0, 0.1) is 10.1 Å². The highest BCUT2D eigenvalue weighted by atomic mass is 16.7. The molecule has 1 aliphatic heterocycles. The molecule has 5 nitrogen and oxygen atoms in total. The fraction of sp³-hybridized carbons (Fsp3) is 0.0769. The van der Waals surface area contributed by atoms with Gasteiger partial charge in [-0.3, -0.25) is 10.1 Å². The van der Waals surface area contributed by atoms with E-state index in [1.54, 1.807) is 6.07 Å². The second kappa shape index (κ2) is 4.03. The fourth-order valence-corrected chi connectivity index (χ4v) is 1.80. The maximum absolute atomic E-state index is 10.7. The minimum atomic E-state index is -0.539. The molecule has 0 radical (unpaired) electrons. The first-order valence-corrected chi connectivity index (χ1v) is 5.41. The van der Waals surface area contributed by atoms with E-state index >= 15 is 0 Å². The Morgan fingerprint density at radius 1 is 1.00 bits per heavy atom. The number of nitrogens with zero attached hydrogens (tertiary/aromatic N) is 1. The van der Waals surface area contributed by atoms with Crippen molar-refractivity contribution in [3.05, 3.63) is 64.2 Å². The van der Waals surface area contributed by atoms with E-state index in [1.165, 1.54) is 12.1 Å². The maximum Gasteiger partial charge on any atom is 0.273 e. The standard InChI is InChI=1S/C13H9NO4/c15-14(16)10-6-7-11-12(8-10)18-13(17-11)9-4-2-1-3-5-9/h1-8,13H/t13-/m0/s1. The lowest BCUT2D eigenvalue weighted by atomic mass is 10.2. The van der Waals surface area contributed by atoms with E-state index in [0.29, 0.717) is 11.5 Å². The normalized spacial score (nSPS) is 16.6. The second-order valence-corrected chi connectivity index (χ2v) is 3.87. The summed E-state index contributed by atoms with van der Waals surface area (Å²) in [6, 6.07) is 13.7. The fourth-order valence-electron chi connectivity index (χ4n) is 1.80. The molecule has 1 heterocycles. The van der Waals surface area contributed by atoms with Crippen LogP contribution in [0.4, 0.5) is 5.69 Å². The smallest absolute Gasteiger partial charge is 0.273 e. The van der Waals surface area contributed by atoms with E-state index in [2.05, 4.69) is 0 Å². The number of ether oxygens (including phenoxy) is 2. The molecule has 0 bridgehead atoms. The zero-order chi connectivity index (χ0) is 12.5. The first-order valence-electron chi connectivity index (χ1n) is 5.41. The van der Waals surface area contributed by atoms with E-state index in [1.807, 2.05) is 30.3 Å². The number of benzene rings is 2. The Morgan fingerprint density at radius 2 is 1.72 bits per heavy atom. The van der Waals surface area contributed by atoms with Gasteiger partial charge in [-0.15, -0.1) is 0 Å². The summed E-state index contributed by atoms with van der Waals surface area (Å²) in [6.45, 7) is 0. The van der Waals surface area contributed by atoms with Crippen LogP contribution in [0.2, 0.25) is 0 Å². The van der Waals surface area contributed by atoms with Gasteiger partial charge in [0.15, 0.2) is 11.5 Å². The molecule has 1 aliphatic rings. The highest BCUT2D eigenvalue weighted by Gasteiger charge is 2.27. The van der Waals surface area contributed by atoms with Crippen molar-refractivity contribution < 1.29 is 14.4 Å². The first-order chi connectivity index (χ1) is 8.74. The number of hydrogen-bond donors (Lipinski definition) is 0. The molecular weight excluding hydrogens is 234 g/mol. The van der Waals surface area contributed by atoms with Gasteiger partial charge in [-0.05, 0) is 6.07 Å². The van der Waals surface area contributed by atoms with Crippen molar-refractivity contribution in [2.24, 2.45) is 0 Å². The minimum Gasteiger partial charge on any atom is -0.447 e. The first kappa shape index (κ1) is 10.6. The molecule has 3 rings (SSSR count). The predicted molar refractivity (Wildman–Crippen MR) is 63.5 cm³/mol. The predicted octanol–water partition coefficient (Wildman–Crippen LogP) is 3.06. The van der Waals surface area contributed by atoms with Gasteiger partial charge in [-0.25, -0.2) is 0 Å². The molecule has 0 fully saturated rings. The monoisotopic (exact) mass is 243 g/mol. The Balaban J connectivity index is 1.90. The third kappa shape index (κ3) is 1.75. The zero-order valence-corrected chi connectivity index (χ0v) is 9.28. The molecule has 5 heteroatoms. The number of nitro groups is 1. The highest BCUT2D eigenvalue weighted by molar-refractivity contribution is 5.50. The lowest BCUT2D eigenvalue weighted by Crippen LogP contribution is -2.07. The number of fused-ring (bicyclic) bond motifs is 1. The van der Waals surface area contributed by atoms with Crippen LogP contribution in [0.3, 0.4) is 0 Å². The molecule has 0 amide bonds. The molecule has 2 aromatic rings. The van der Waals surface area contributed by atoms with Gasteiger partial charge in [0.05, 0.1) is 11.0 Å². The highest BCUT2D eigenvalue weighted by Crippen LogP contribution is 2.42. The number of hydrogen-bond acceptors (Lipinski definition) is 4. The molecule has 2 aromatic carbocycles. The molecule has 18 heavy (non-hydrogen) atoms. The van der Waals surface area contributed by atoms with Gasteiger partial charge < -0.3 is 9.47 Å². The molecule has 0 saturated heterocycles. The third-order valence-electron chi connectivity index (χ3n) is 2.68. The summed E-state index contributed by atoms with van der Waals surface area (Å²) in [6.07, 6.45) is -0.539. The molecule has 0 N–H and O–H groups in total. The number of nitro benzene ring substituents is 1. The van der Waals surface area contributed by atoms with Crippen molar-refractivity contribution in [1.29, 1.82) is 0 Å². The summed E-state index contributed by atoms with van der Waals surface area (Å²) in [5.41, 5.74) is 0.863. The van der Waals surface area contributed by atoms with Crippen LogP contribution >= 0.6 is 0 Å². The quantitative estimate of drug-likeness (QED) is 0.600. The van der Waals surface area contributed by atoms with Gasteiger partial charge in [0.25, 0.3) is 12.0 Å². The van der Waals surface area contributed by atoms with Gasteiger partial charge in [0.2, 0.25) is 0 Å². The van der Waals surface area contributed by atoms with E-state index in [0.717, 1.165) is 5.56 Å². The van der Waals surface area contributed by atoms with Crippen molar-refractivity contribution >= 4 is 5.69 Å². The number of rotatable bonds is 2. The molecule has 1 atom stereocenters. The van der Waals surface area contributed by atoms with Crippen LogP contribution in [0.15, 0.2) is 48.5 Å². The summed E-state index contributed by atoms with van der Waals surface area (Å²) in [7, 11) is 0. The van der Waals surface area contributed by atoms with E-state index in [4.69, 9.17) is 9.47 Å². The summed E-state index contributed by atoms with van der Waals surface area (Å²) < 4.78 is 11.1. The SMILES string of the molecule is O=[N+]([O-])c1ccc2c(c1)O[C@@H](c1ccccc1)O2. The van der Waals surface area contributed by atoms with Crippen molar-refractivity contribution in [2.45, 2.75) is 6.29 Å². The molecular formula is C13H9NO4. The summed E-state index contributed by atoms with van der Waals surface area (Å²) in [4.78, 5) is 10.2.